The molecule has 2 atom stereocenters. The molecular weight excluding hydrogens is 338 g/mol. The van der Waals surface area contributed by atoms with E-state index in [0.717, 1.165) is 6.42 Å². The fourth-order valence-electron chi connectivity index (χ4n) is 4.43. The van der Waals surface area contributed by atoms with Crippen LogP contribution < -0.4 is 5.73 Å². The van der Waals surface area contributed by atoms with E-state index in [2.05, 4.69) is 5.16 Å². The van der Waals surface area contributed by atoms with Gasteiger partial charge in [-0.25, -0.2) is 4.79 Å². The van der Waals surface area contributed by atoms with Crippen LogP contribution in [-0.2, 0) is 9.63 Å². The first-order valence-electron chi connectivity index (χ1n) is 8.38. The molecule has 0 spiro atoms. The van der Waals surface area contributed by atoms with Crippen LogP contribution in [0.15, 0.2) is 29.4 Å². The Labute approximate surface area is 150 Å². The average Bonchev–Trinajstić information content (AvgIpc) is 2.90. The van der Waals surface area contributed by atoms with E-state index in [0.29, 0.717) is 18.6 Å². The molecule has 1 amide bonds. The Morgan fingerprint density at radius 1 is 1.19 bits per heavy atom. The van der Waals surface area contributed by atoms with Crippen molar-refractivity contribution in [1.82, 2.24) is 0 Å². The second-order valence-corrected chi connectivity index (χ2v) is 7.80. The lowest BCUT2D eigenvalue weighted by Crippen LogP contribution is -2.44. The molecule has 0 aliphatic heterocycles. The third-order valence-electron chi connectivity index (χ3n) is 6.76. The smallest absolute Gasteiger partial charge is 0.365 e. The Bertz CT molecular complexity index is 830. The van der Waals surface area contributed by atoms with Gasteiger partial charge in [0.15, 0.2) is 0 Å². The maximum Gasteiger partial charge on any atom is 0.365 e. The van der Waals surface area contributed by atoms with E-state index < -0.39 is 16.3 Å². The molecule has 2 unspecified atom stereocenters. The Kier molecular flexibility index (Phi) is 3.90. The van der Waals surface area contributed by atoms with Crippen molar-refractivity contribution < 1.29 is 19.3 Å². The SMILES string of the molecule is CC12CCC(C(N)=O)(C/C1=N/OC(=O)c1ccc([N+](=O)[O-])cc1)C2(C)C. The van der Waals surface area contributed by atoms with Crippen LogP contribution in [0.2, 0.25) is 0 Å². The standard InChI is InChI=1S/C18H21N3O5/c1-16(2)17(3)8-9-18(16,15(19)23)10-13(17)20-26-14(22)11-4-6-12(7-5-11)21(24)25/h4-7H,8-10H2,1-3H3,(H2,19,23)/b20-13-. The van der Waals surface area contributed by atoms with Gasteiger partial charge in [0.1, 0.15) is 0 Å². The molecule has 0 radical (unpaired) electrons. The number of fused-ring (bicyclic) bond motifs is 2. The first-order chi connectivity index (χ1) is 12.0. The highest BCUT2D eigenvalue weighted by atomic mass is 16.7. The molecule has 2 aliphatic carbocycles. The predicted molar refractivity (Wildman–Crippen MR) is 93.3 cm³/mol. The van der Waals surface area contributed by atoms with Gasteiger partial charge in [0, 0.05) is 24.0 Å². The van der Waals surface area contributed by atoms with E-state index in [9.17, 15) is 19.7 Å². The van der Waals surface area contributed by atoms with Crippen molar-refractivity contribution in [2.24, 2.45) is 27.1 Å². The Morgan fingerprint density at radius 3 is 2.31 bits per heavy atom. The molecule has 8 nitrogen and oxygen atoms in total. The van der Waals surface area contributed by atoms with Crippen molar-refractivity contribution >= 4 is 23.3 Å². The summed E-state index contributed by atoms with van der Waals surface area (Å²) in [6.45, 7) is 6.03. The van der Waals surface area contributed by atoms with Gasteiger partial charge in [-0.05, 0) is 30.4 Å². The van der Waals surface area contributed by atoms with Crippen LogP contribution >= 0.6 is 0 Å². The first kappa shape index (κ1) is 18.0. The molecule has 2 fully saturated rings. The number of nitro groups is 1. The zero-order chi connectivity index (χ0) is 19.3. The van der Waals surface area contributed by atoms with Crippen LogP contribution in [0.5, 0.6) is 0 Å². The fraction of sp³-hybridized carbons (Fsp3) is 0.500. The van der Waals surface area contributed by atoms with E-state index in [1.807, 2.05) is 20.8 Å². The van der Waals surface area contributed by atoms with Crippen molar-refractivity contribution in [3.8, 4) is 0 Å². The van der Waals surface area contributed by atoms with Crippen molar-refractivity contribution in [3.63, 3.8) is 0 Å². The number of non-ortho nitro benzene ring substituents is 1. The van der Waals surface area contributed by atoms with Crippen LogP contribution in [0.1, 0.15) is 50.4 Å². The van der Waals surface area contributed by atoms with Gasteiger partial charge in [0.2, 0.25) is 5.91 Å². The summed E-state index contributed by atoms with van der Waals surface area (Å²) < 4.78 is 0. The van der Waals surface area contributed by atoms with E-state index in [1.54, 1.807) is 0 Å². The van der Waals surface area contributed by atoms with Crippen LogP contribution in [-0.4, -0.2) is 22.5 Å². The van der Waals surface area contributed by atoms with Crippen LogP contribution in [0.4, 0.5) is 5.69 Å². The van der Waals surface area contributed by atoms with E-state index in [-0.39, 0.29) is 28.0 Å². The van der Waals surface area contributed by atoms with Crippen LogP contribution in [0, 0.1) is 26.4 Å². The quantitative estimate of drug-likeness (QED) is 0.503. The summed E-state index contributed by atoms with van der Waals surface area (Å²) in [6, 6.07) is 5.09. The summed E-state index contributed by atoms with van der Waals surface area (Å²) in [5.41, 5.74) is 4.96. The number of carbonyl (C=O) groups excluding carboxylic acids is 2. The van der Waals surface area contributed by atoms with E-state index >= 15 is 0 Å². The first-order valence-corrected chi connectivity index (χ1v) is 8.38. The highest BCUT2D eigenvalue weighted by Gasteiger charge is 2.71. The van der Waals surface area contributed by atoms with Crippen LogP contribution in [0.25, 0.3) is 0 Å². The largest absolute Gasteiger partial charge is 0.369 e. The van der Waals surface area contributed by atoms with Gasteiger partial charge in [-0.15, -0.1) is 0 Å². The third-order valence-corrected chi connectivity index (χ3v) is 6.76. The summed E-state index contributed by atoms with van der Waals surface area (Å²) >= 11 is 0. The van der Waals surface area contributed by atoms with Crippen molar-refractivity contribution in [2.45, 2.75) is 40.0 Å². The summed E-state index contributed by atoms with van der Waals surface area (Å²) in [4.78, 5) is 39.5. The van der Waals surface area contributed by atoms with Gasteiger partial charge in [-0.1, -0.05) is 25.9 Å². The molecule has 0 saturated heterocycles. The number of rotatable bonds is 4. The lowest BCUT2D eigenvalue weighted by atomic mass is 9.64. The van der Waals surface area contributed by atoms with Gasteiger partial charge in [-0.2, -0.15) is 0 Å². The van der Waals surface area contributed by atoms with Crippen molar-refractivity contribution in [1.29, 1.82) is 0 Å². The molecule has 138 valence electrons. The molecule has 1 aromatic rings. The Hall–Kier alpha value is -2.77. The summed E-state index contributed by atoms with van der Waals surface area (Å²) in [6.07, 6.45) is 1.82. The second-order valence-electron chi connectivity index (χ2n) is 7.80. The van der Waals surface area contributed by atoms with Gasteiger partial charge < -0.3 is 10.6 Å². The molecule has 8 heteroatoms. The lowest BCUT2D eigenvalue weighted by molar-refractivity contribution is -0.384. The van der Waals surface area contributed by atoms with Gasteiger partial charge in [0.25, 0.3) is 5.69 Å². The molecular formula is C18H21N3O5. The number of hydrogen-bond acceptors (Lipinski definition) is 6. The Balaban J connectivity index is 1.82. The maximum absolute atomic E-state index is 12.2. The topological polar surface area (TPSA) is 125 Å². The molecule has 26 heavy (non-hydrogen) atoms. The predicted octanol–water partition coefficient (Wildman–Crippen LogP) is 2.81. The fourth-order valence-corrected chi connectivity index (χ4v) is 4.43. The normalized spacial score (nSPS) is 30.3. The van der Waals surface area contributed by atoms with Crippen molar-refractivity contribution in [2.75, 3.05) is 0 Å². The monoisotopic (exact) mass is 359 g/mol. The zero-order valence-corrected chi connectivity index (χ0v) is 14.9. The van der Waals surface area contributed by atoms with Crippen molar-refractivity contribution in [3.05, 3.63) is 39.9 Å². The van der Waals surface area contributed by atoms with Gasteiger partial charge in [-0.3, -0.25) is 14.9 Å². The number of oxime groups is 1. The molecule has 0 heterocycles. The second kappa shape index (κ2) is 5.62. The van der Waals surface area contributed by atoms with E-state index in [4.69, 9.17) is 10.6 Å². The number of nitrogens with zero attached hydrogens (tertiary/aromatic N) is 2. The van der Waals surface area contributed by atoms with Crippen LogP contribution in [0.3, 0.4) is 0 Å². The number of primary amides is 1. The highest BCUT2D eigenvalue weighted by molar-refractivity contribution is 6.02. The molecule has 0 aromatic heterocycles. The lowest BCUT2D eigenvalue weighted by Gasteiger charge is -2.38. The Morgan fingerprint density at radius 2 is 1.81 bits per heavy atom. The van der Waals surface area contributed by atoms with Gasteiger partial charge >= 0.3 is 5.97 Å². The minimum absolute atomic E-state index is 0.112. The van der Waals surface area contributed by atoms with E-state index in [1.165, 1.54) is 24.3 Å². The summed E-state index contributed by atoms with van der Waals surface area (Å²) in [5, 5.41) is 14.7. The number of amides is 1. The minimum atomic E-state index is -0.704. The summed E-state index contributed by atoms with van der Waals surface area (Å²) in [5.74, 6) is -1.05. The number of nitro benzene ring substituents is 1. The average molecular weight is 359 g/mol. The molecule has 3 rings (SSSR count). The number of nitrogens with two attached hydrogens (primary N) is 1. The minimum Gasteiger partial charge on any atom is -0.369 e. The number of hydrogen-bond donors (Lipinski definition) is 1. The number of carbonyl (C=O) groups is 2. The molecule has 2 aliphatic rings. The maximum atomic E-state index is 12.2. The zero-order valence-electron chi connectivity index (χ0n) is 14.9. The molecule has 2 bridgehead atoms. The summed E-state index contributed by atoms with van der Waals surface area (Å²) in [7, 11) is 0. The van der Waals surface area contributed by atoms with Gasteiger partial charge in [0.05, 0.1) is 21.6 Å². The highest BCUT2D eigenvalue weighted by Crippen LogP contribution is 2.70. The molecule has 2 saturated carbocycles. The number of benzene rings is 1. The molecule has 2 N–H and O–H groups in total. The third kappa shape index (κ3) is 2.24. The molecule has 1 aromatic carbocycles.